The summed E-state index contributed by atoms with van der Waals surface area (Å²) in [4.78, 5) is 27.1. The van der Waals surface area contributed by atoms with E-state index in [9.17, 15) is 14.9 Å². The summed E-state index contributed by atoms with van der Waals surface area (Å²) in [5, 5.41) is 14.7. The molecule has 24 heavy (non-hydrogen) atoms. The molecule has 1 aromatic heterocycles. The van der Waals surface area contributed by atoms with Gasteiger partial charge in [-0.2, -0.15) is 0 Å². The van der Waals surface area contributed by atoms with Gasteiger partial charge in [0.2, 0.25) is 0 Å². The van der Waals surface area contributed by atoms with Crippen molar-refractivity contribution in [1.29, 1.82) is 0 Å². The molecule has 0 unspecified atom stereocenters. The molecule has 3 aromatic rings. The Bertz CT molecular complexity index is 945. The molecular formula is C16H12ClN3O3S. The molecule has 6 nitrogen and oxygen atoms in total. The minimum absolute atomic E-state index is 0.0886. The highest BCUT2D eigenvalue weighted by Gasteiger charge is 2.16. The first-order chi connectivity index (χ1) is 11.3. The monoisotopic (exact) mass is 361 g/mol. The number of nitrogens with zero attached hydrogens (tertiary/aromatic N) is 2. The zero-order valence-electron chi connectivity index (χ0n) is 12.8. The molecule has 3 rings (SSSR count). The Kier molecular flexibility index (Phi) is 4.21. The fraction of sp³-hybridized carbons (Fsp3) is 0.125. The summed E-state index contributed by atoms with van der Waals surface area (Å²) in [6.45, 7) is 3.52. The Balaban J connectivity index is 1.90. The number of aryl methyl sites for hydroxylation is 2. The second kappa shape index (κ2) is 6.18. The lowest BCUT2D eigenvalue weighted by Gasteiger charge is -2.03. The fourth-order valence-electron chi connectivity index (χ4n) is 2.22. The zero-order valence-corrected chi connectivity index (χ0v) is 14.4. The number of thiazole rings is 1. The van der Waals surface area contributed by atoms with E-state index in [-0.39, 0.29) is 11.3 Å². The highest BCUT2D eigenvalue weighted by Crippen LogP contribution is 2.30. The van der Waals surface area contributed by atoms with E-state index in [1.807, 2.05) is 13.0 Å². The SMILES string of the molecule is Cc1cc2sc(NC(=O)c3ccc(C)c([N+](=O)[O-])c3)nc2cc1Cl. The van der Waals surface area contributed by atoms with Crippen LogP contribution in [0.1, 0.15) is 21.5 Å². The van der Waals surface area contributed by atoms with E-state index in [1.54, 1.807) is 25.1 Å². The predicted molar refractivity (Wildman–Crippen MR) is 95.2 cm³/mol. The molecule has 0 spiro atoms. The van der Waals surface area contributed by atoms with Crippen molar-refractivity contribution in [1.82, 2.24) is 4.98 Å². The molecule has 1 heterocycles. The molecule has 0 aliphatic heterocycles. The van der Waals surface area contributed by atoms with Gasteiger partial charge in [-0.15, -0.1) is 0 Å². The normalized spacial score (nSPS) is 10.8. The molecule has 0 saturated heterocycles. The Morgan fingerprint density at radius 2 is 2.00 bits per heavy atom. The summed E-state index contributed by atoms with van der Waals surface area (Å²) in [6.07, 6.45) is 0. The van der Waals surface area contributed by atoms with Crippen LogP contribution < -0.4 is 5.32 Å². The third-order valence-electron chi connectivity index (χ3n) is 3.56. The van der Waals surface area contributed by atoms with Crippen LogP contribution in [0.2, 0.25) is 5.02 Å². The van der Waals surface area contributed by atoms with Gasteiger partial charge in [-0.25, -0.2) is 4.98 Å². The number of nitro groups is 1. The summed E-state index contributed by atoms with van der Waals surface area (Å²) < 4.78 is 0.905. The fourth-order valence-corrected chi connectivity index (χ4v) is 3.32. The van der Waals surface area contributed by atoms with Crippen LogP contribution in [0.15, 0.2) is 30.3 Å². The number of hydrogen-bond donors (Lipinski definition) is 1. The van der Waals surface area contributed by atoms with Crippen molar-refractivity contribution in [3.63, 3.8) is 0 Å². The van der Waals surface area contributed by atoms with Crippen LogP contribution >= 0.6 is 22.9 Å². The van der Waals surface area contributed by atoms with Crippen LogP contribution in [0.4, 0.5) is 10.8 Å². The predicted octanol–water partition coefficient (Wildman–Crippen LogP) is 4.73. The average molecular weight is 362 g/mol. The van der Waals surface area contributed by atoms with Crippen LogP contribution in [0.25, 0.3) is 10.2 Å². The molecule has 122 valence electrons. The van der Waals surface area contributed by atoms with Gasteiger partial charge >= 0.3 is 0 Å². The largest absolute Gasteiger partial charge is 0.298 e. The Hall–Kier alpha value is -2.51. The van der Waals surface area contributed by atoms with Gasteiger partial charge < -0.3 is 0 Å². The highest BCUT2D eigenvalue weighted by atomic mass is 35.5. The van der Waals surface area contributed by atoms with Crippen LogP contribution in [0, 0.1) is 24.0 Å². The first kappa shape index (κ1) is 16.4. The van der Waals surface area contributed by atoms with Crippen molar-refractivity contribution < 1.29 is 9.72 Å². The molecule has 0 saturated carbocycles. The number of hydrogen-bond acceptors (Lipinski definition) is 5. The molecule has 0 atom stereocenters. The van der Waals surface area contributed by atoms with Crippen molar-refractivity contribution >= 4 is 49.9 Å². The first-order valence-corrected chi connectivity index (χ1v) is 8.17. The van der Waals surface area contributed by atoms with E-state index in [0.29, 0.717) is 21.2 Å². The third kappa shape index (κ3) is 3.08. The van der Waals surface area contributed by atoms with Gasteiger partial charge in [-0.05, 0) is 37.6 Å². The summed E-state index contributed by atoms with van der Waals surface area (Å²) in [6, 6.07) is 8.01. The van der Waals surface area contributed by atoms with E-state index in [4.69, 9.17) is 11.6 Å². The van der Waals surface area contributed by atoms with Crippen LogP contribution in [-0.4, -0.2) is 15.8 Å². The minimum Gasteiger partial charge on any atom is -0.298 e. The average Bonchev–Trinajstić information content (AvgIpc) is 2.88. The third-order valence-corrected chi connectivity index (χ3v) is 4.90. The number of amides is 1. The number of aromatic nitrogens is 1. The quantitative estimate of drug-likeness (QED) is 0.540. The summed E-state index contributed by atoms with van der Waals surface area (Å²) >= 11 is 7.40. The molecule has 1 N–H and O–H groups in total. The van der Waals surface area contributed by atoms with Gasteiger partial charge in [0.15, 0.2) is 5.13 Å². The maximum absolute atomic E-state index is 12.3. The van der Waals surface area contributed by atoms with Gasteiger partial charge in [0, 0.05) is 22.2 Å². The molecule has 0 bridgehead atoms. The van der Waals surface area contributed by atoms with E-state index in [1.165, 1.54) is 17.4 Å². The number of carbonyl (C=O) groups is 1. The maximum Gasteiger partial charge on any atom is 0.273 e. The van der Waals surface area contributed by atoms with Gasteiger partial charge in [0.05, 0.1) is 15.1 Å². The Morgan fingerprint density at radius 1 is 1.25 bits per heavy atom. The number of rotatable bonds is 3. The smallest absolute Gasteiger partial charge is 0.273 e. The number of anilines is 1. The van der Waals surface area contributed by atoms with E-state index in [0.717, 1.165) is 10.3 Å². The van der Waals surface area contributed by atoms with E-state index in [2.05, 4.69) is 10.3 Å². The zero-order chi connectivity index (χ0) is 17.4. The second-order valence-electron chi connectivity index (χ2n) is 5.30. The summed E-state index contributed by atoms with van der Waals surface area (Å²) in [7, 11) is 0. The van der Waals surface area contributed by atoms with E-state index < -0.39 is 10.8 Å². The molecule has 0 radical (unpaired) electrons. The minimum atomic E-state index is -0.505. The number of carbonyl (C=O) groups excluding carboxylic acids is 1. The van der Waals surface area contributed by atoms with Gasteiger partial charge in [0.25, 0.3) is 11.6 Å². The van der Waals surface area contributed by atoms with Gasteiger partial charge in [0.1, 0.15) is 0 Å². The van der Waals surface area contributed by atoms with Crippen molar-refractivity contribution in [2.24, 2.45) is 0 Å². The molecule has 8 heteroatoms. The molecule has 0 fully saturated rings. The van der Waals surface area contributed by atoms with Crippen LogP contribution in [0.5, 0.6) is 0 Å². The lowest BCUT2D eigenvalue weighted by Crippen LogP contribution is -2.12. The molecule has 2 aromatic carbocycles. The number of nitro benzene ring substituents is 1. The topological polar surface area (TPSA) is 85.1 Å². The highest BCUT2D eigenvalue weighted by molar-refractivity contribution is 7.22. The van der Waals surface area contributed by atoms with Crippen molar-refractivity contribution in [3.8, 4) is 0 Å². The summed E-state index contributed by atoms with van der Waals surface area (Å²) in [5.41, 5.74) is 2.25. The number of nitrogens with one attached hydrogen (secondary N) is 1. The van der Waals surface area contributed by atoms with Gasteiger partial charge in [-0.3, -0.25) is 20.2 Å². The molecule has 0 aliphatic carbocycles. The van der Waals surface area contributed by atoms with Crippen LogP contribution in [0.3, 0.4) is 0 Å². The Morgan fingerprint density at radius 3 is 2.71 bits per heavy atom. The summed E-state index contributed by atoms with van der Waals surface area (Å²) in [5.74, 6) is -0.444. The lowest BCUT2D eigenvalue weighted by atomic mass is 10.1. The number of fused-ring (bicyclic) bond motifs is 1. The Labute approximate surface area is 146 Å². The maximum atomic E-state index is 12.3. The molecule has 0 aliphatic rings. The lowest BCUT2D eigenvalue weighted by molar-refractivity contribution is -0.385. The number of halogens is 1. The van der Waals surface area contributed by atoms with Crippen LogP contribution in [-0.2, 0) is 0 Å². The van der Waals surface area contributed by atoms with Gasteiger partial charge in [-0.1, -0.05) is 29.0 Å². The van der Waals surface area contributed by atoms with Crippen molar-refractivity contribution in [2.45, 2.75) is 13.8 Å². The van der Waals surface area contributed by atoms with Crippen molar-refractivity contribution in [3.05, 3.63) is 62.2 Å². The second-order valence-corrected chi connectivity index (χ2v) is 6.74. The molecular weight excluding hydrogens is 350 g/mol. The molecule has 1 amide bonds. The number of benzene rings is 2. The standard InChI is InChI=1S/C16H12ClN3O3S/c1-8-3-4-10(6-13(8)20(22)23)15(21)19-16-18-12-7-11(17)9(2)5-14(12)24-16/h3-7H,1-2H3,(H,18,19,21). The van der Waals surface area contributed by atoms with E-state index >= 15 is 0 Å². The first-order valence-electron chi connectivity index (χ1n) is 6.98. The van der Waals surface area contributed by atoms with Crippen molar-refractivity contribution in [2.75, 3.05) is 5.32 Å².